The third-order valence-electron chi connectivity index (χ3n) is 4.70. The van der Waals surface area contributed by atoms with Gasteiger partial charge in [-0.3, -0.25) is 4.68 Å². The van der Waals surface area contributed by atoms with Crippen molar-refractivity contribution in [2.45, 2.75) is 50.9 Å². The molecule has 0 bridgehead atoms. The van der Waals surface area contributed by atoms with Gasteiger partial charge in [-0.25, -0.2) is 4.79 Å². The van der Waals surface area contributed by atoms with Crippen molar-refractivity contribution in [3.05, 3.63) is 18.0 Å². The molecular weight excluding hydrogens is 309 g/mol. The largest absolute Gasteiger partial charge is 0.435 e. The van der Waals surface area contributed by atoms with Crippen molar-refractivity contribution >= 4 is 6.03 Å². The van der Waals surface area contributed by atoms with E-state index in [-0.39, 0.29) is 18.1 Å². The Morgan fingerprint density at radius 3 is 2.48 bits per heavy atom. The maximum absolute atomic E-state index is 12.6. The van der Waals surface area contributed by atoms with Gasteiger partial charge < -0.3 is 10.2 Å². The van der Waals surface area contributed by atoms with Gasteiger partial charge in [-0.15, -0.1) is 0 Å². The summed E-state index contributed by atoms with van der Waals surface area (Å²) in [5.74, 6) is 0.598. The zero-order chi connectivity index (χ0) is 16.6. The second-order valence-electron chi connectivity index (χ2n) is 6.47. The number of amides is 2. The van der Waals surface area contributed by atoms with E-state index in [1.54, 1.807) is 4.90 Å². The topological polar surface area (TPSA) is 50.2 Å². The predicted molar refractivity (Wildman–Crippen MR) is 77.8 cm³/mol. The molecule has 1 saturated heterocycles. The molecule has 1 aliphatic heterocycles. The van der Waals surface area contributed by atoms with Gasteiger partial charge in [0.2, 0.25) is 0 Å². The summed E-state index contributed by atoms with van der Waals surface area (Å²) in [5, 5.41) is 6.63. The van der Waals surface area contributed by atoms with Gasteiger partial charge in [0.05, 0.1) is 6.04 Å². The number of nitrogens with zero attached hydrogens (tertiary/aromatic N) is 3. The van der Waals surface area contributed by atoms with Crippen LogP contribution in [0, 0.1) is 5.92 Å². The Morgan fingerprint density at radius 2 is 1.96 bits per heavy atom. The lowest BCUT2D eigenvalue weighted by atomic mass is 10.1. The van der Waals surface area contributed by atoms with E-state index in [0.29, 0.717) is 31.8 Å². The molecule has 3 rings (SSSR count). The lowest BCUT2D eigenvalue weighted by molar-refractivity contribution is -0.141. The van der Waals surface area contributed by atoms with Crippen molar-refractivity contribution in [2.24, 2.45) is 5.92 Å². The van der Waals surface area contributed by atoms with Gasteiger partial charge in [-0.05, 0) is 44.6 Å². The number of hydrogen-bond acceptors (Lipinski definition) is 2. The van der Waals surface area contributed by atoms with Crippen LogP contribution in [-0.4, -0.2) is 39.8 Å². The van der Waals surface area contributed by atoms with Crippen molar-refractivity contribution in [1.29, 1.82) is 0 Å². The van der Waals surface area contributed by atoms with Crippen LogP contribution in [0.2, 0.25) is 0 Å². The summed E-state index contributed by atoms with van der Waals surface area (Å²) in [5.41, 5.74) is -0.865. The van der Waals surface area contributed by atoms with E-state index in [2.05, 4.69) is 10.4 Å². The third-order valence-corrected chi connectivity index (χ3v) is 4.70. The van der Waals surface area contributed by atoms with Crippen LogP contribution in [0.4, 0.5) is 18.0 Å². The second-order valence-corrected chi connectivity index (χ2v) is 6.47. The lowest BCUT2D eigenvalue weighted by Gasteiger charge is -2.33. The fraction of sp³-hybridized carbons (Fsp3) is 0.733. The highest BCUT2D eigenvalue weighted by atomic mass is 19.4. The van der Waals surface area contributed by atoms with E-state index >= 15 is 0 Å². The van der Waals surface area contributed by atoms with Crippen LogP contribution >= 0.6 is 0 Å². The van der Waals surface area contributed by atoms with Crippen molar-refractivity contribution < 1.29 is 18.0 Å². The Bertz CT molecular complexity index is 559. The summed E-state index contributed by atoms with van der Waals surface area (Å²) in [4.78, 5) is 13.9. The molecule has 23 heavy (non-hydrogen) atoms. The van der Waals surface area contributed by atoms with Crippen molar-refractivity contribution in [1.82, 2.24) is 20.0 Å². The maximum Gasteiger partial charge on any atom is 0.435 e. The molecule has 2 amide bonds. The van der Waals surface area contributed by atoms with E-state index < -0.39 is 11.9 Å². The lowest BCUT2D eigenvalue weighted by Crippen LogP contribution is -2.47. The Morgan fingerprint density at radius 1 is 1.30 bits per heavy atom. The smallest absolute Gasteiger partial charge is 0.335 e. The average molecular weight is 330 g/mol. The molecule has 0 radical (unpaired) electrons. The first-order valence-electron chi connectivity index (χ1n) is 8.02. The molecule has 5 nitrogen and oxygen atoms in total. The number of nitrogens with one attached hydrogen (secondary N) is 1. The molecule has 128 valence electrons. The number of likely N-dealkylation sites (tertiary alicyclic amines) is 1. The van der Waals surface area contributed by atoms with Gasteiger partial charge in [-0.2, -0.15) is 18.3 Å². The number of carbonyl (C=O) groups is 1. The molecule has 1 saturated carbocycles. The summed E-state index contributed by atoms with van der Waals surface area (Å²) >= 11 is 0. The fourth-order valence-corrected chi connectivity index (χ4v) is 3.03. The number of alkyl halides is 3. The minimum absolute atomic E-state index is 0.0701. The van der Waals surface area contributed by atoms with Crippen LogP contribution in [0.5, 0.6) is 0 Å². The number of aromatic nitrogens is 2. The van der Waals surface area contributed by atoms with Gasteiger partial charge in [-0.1, -0.05) is 0 Å². The van der Waals surface area contributed by atoms with Crippen molar-refractivity contribution in [3.63, 3.8) is 0 Å². The normalized spacial score (nSPS) is 21.3. The average Bonchev–Trinajstić information content (AvgIpc) is 3.23. The first-order chi connectivity index (χ1) is 10.8. The zero-order valence-electron chi connectivity index (χ0n) is 13.0. The van der Waals surface area contributed by atoms with Crippen molar-refractivity contribution in [3.8, 4) is 0 Å². The zero-order valence-corrected chi connectivity index (χ0v) is 13.0. The number of piperidine rings is 1. The summed E-state index contributed by atoms with van der Waals surface area (Å²) in [6.07, 6.45) is 0.534. The summed E-state index contributed by atoms with van der Waals surface area (Å²) in [6, 6.07) is 1.03. The quantitative estimate of drug-likeness (QED) is 0.926. The van der Waals surface area contributed by atoms with Crippen LogP contribution < -0.4 is 5.32 Å². The molecule has 1 aromatic rings. The van der Waals surface area contributed by atoms with Gasteiger partial charge in [0, 0.05) is 25.3 Å². The highest BCUT2D eigenvalue weighted by Gasteiger charge is 2.35. The van der Waals surface area contributed by atoms with Crippen LogP contribution in [-0.2, 0) is 6.18 Å². The van der Waals surface area contributed by atoms with E-state index in [1.807, 2.05) is 6.92 Å². The Labute approximate surface area is 132 Å². The SMILES string of the molecule is CC(NC(=O)N1CCC(n2ccc(C(F)(F)F)n2)CC1)C1CC1. The fourth-order valence-electron chi connectivity index (χ4n) is 3.03. The molecular formula is C15H21F3N4O. The minimum atomic E-state index is -4.41. The third kappa shape index (κ3) is 3.79. The van der Waals surface area contributed by atoms with Crippen LogP contribution in [0.15, 0.2) is 12.3 Å². The molecule has 1 aliphatic carbocycles. The Kier molecular flexibility index (Phi) is 4.25. The summed E-state index contributed by atoms with van der Waals surface area (Å²) < 4.78 is 39.2. The van der Waals surface area contributed by atoms with E-state index in [9.17, 15) is 18.0 Å². The first-order valence-corrected chi connectivity index (χ1v) is 8.02. The van der Waals surface area contributed by atoms with Crippen molar-refractivity contribution in [2.75, 3.05) is 13.1 Å². The number of carbonyl (C=O) groups excluding carboxylic acids is 1. The number of urea groups is 1. The van der Waals surface area contributed by atoms with Gasteiger partial charge in [0.1, 0.15) is 0 Å². The molecule has 2 aliphatic rings. The van der Waals surface area contributed by atoms with Crippen LogP contribution in [0.25, 0.3) is 0 Å². The van der Waals surface area contributed by atoms with Gasteiger partial charge >= 0.3 is 12.2 Å². The van der Waals surface area contributed by atoms with E-state index in [0.717, 1.165) is 6.07 Å². The Balaban J connectivity index is 1.51. The molecule has 2 heterocycles. The minimum Gasteiger partial charge on any atom is -0.335 e. The highest BCUT2D eigenvalue weighted by Crippen LogP contribution is 2.33. The number of rotatable bonds is 3. The van der Waals surface area contributed by atoms with E-state index in [4.69, 9.17) is 0 Å². The molecule has 2 fully saturated rings. The van der Waals surface area contributed by atoms with Crippen LogP contribution in [0.1, 0.15) is 44.3 Å². The first kappa shape index (κ1) is 16.1. The Hall–Kier alpha value is -1.73. The molecule has 1 atom stereocenters. The molecule has 1 aromatic heterocycles. The molecule has 8 heteroatoms. The maximum atomic E-state index is 12.6. The number of halogens is 3. The van der Waals surface area contributed by atoms with Crippen LogP contribution in [0.3, 0.4) is 0 Å². The second kappa shape index (κ2) is 6.05. The van der Waals surface area contributed by atoms with E-state index in [1.165, 1.54) is 23.7 Å². The number of hydrogen-bond donors (Lipinski definition) is 1. The monoisotopic (exact) mass is 330 g/mol. The summed E-state index contributed by atoms with van der Waals surface area (Å²) in [6.45, 7) is 3.09. The molecule has 1 unspecified atom stereocenters. The summed E-state index contributed by atoms with van der Waals surface area (Å²) in [7, 11) is 0. The molecule has 0 aromatic carbocycles. The van der Waals surface area contributed by atoms with Gasteiger partial charge in [0.15, 0.2) is 5.69 Å². The predicted octanol–water partition coefficient (Wildman–Crippen LogP) is 3.05. The van der Waals surface area contributed by atoms with Gasteiger partial charge in [0.25, 0.3) is 0 Å². The standard InChI is InChI=1S/C15H21F3N4O/c1-10(11-2-3-11)19-14(23)21-7-4-12(5-8-21)22-9-6-13(20-22)15(16,17)18/h6,9-12H,2-5,7-8H2,1H3,(H,19,23). The molecule has 0 spiro atoms. The highest BCUT2D eigenvalue weighted by molar-refractivity contribution is 5.74. The molecule has 1 N–H and O–H groups in total.